The number of ether oxygens (including phenoxy) is 1. The zero-order chi connectivity index (χ0) is 15.8. The third kappa shape index (κ3) is 5.73. The monoisotopic (exact) mass is 318 g/mol. The molecule has 0 unspecified atom stereocenters. The number of aryl methyl sites for hydroxylation is 1. The van der Waals surface area contributed by atoms with Crippen molar-refractivity contribution in [2.45, 2.75) is 32.9 Å². The smallest absolute Gasteiger partial charge is 0.170 e. The molecule has 22 heavy (non-hydrogen) atoms. The molecule has 0 aliphatic carbocycles. The van der Waals surface area contributed by atoms with Crippen molar-refractivity contribution >= 4 is 23.0 Å². The van der Waals surface area contributed by atoms with E-state index in [4.69, 9.17) is 17.0 Å². The van der Waals surface area contributed by atoms with Crippen molar-refractivity contribution in [1.29, 1.82) is 0 Å². The lowest BCUT2D eigenvalue weighted by Gasteiger charge is -2.12. The summed E-state index contributed by atoms with van der Waals surface area (Å²) in [6, 6.07) is 7.78. The number of anilines is 1. The largest absolute Gasteiger partial charge is 0.491 e. The SMILES string of the molecule is CC(C)Oc1ccc(NC(=S)NCCCn2ccnc2)cc1. The molecule has 6 heteroatoms. The van der Waals surface area contributed by atoms with Crippen LogP contribution in [0.1, 0.15) is 20.3 Å². The van der Waals surface area contributed by atoms with Crippen LogP contribution < -0.4 is 15.4 Å². The molecule has 118 valence electrons. The Hall–Kier alpha value is -2.08. The van der Waals surface area contributed by atoms with Crippen molar-refractivity contribution < 1.29 is 4.74 Å². The van der Waals surface area contributed by atoms with Crippen LogP contribution in [-0.2, 0) is 6.54 Å². The van der Waals surface area contributed by atoms with Gasteiger partial charge in [-0.05, 0) is 56.8 Å². The average Bonchev–Trinajstić information content (AvgIpc) is 2.98. The van der Waals surface area contributed by atoms with Crippen LogP contribution in [0.5, 0.6) is 5.75 Å². The Morgan fingerprint density at radius 2 is 2.09 bits per heavy atom. The molecule has 1 aromatic carbocycles. The summed E-state index contributed by atoms with van der Waals surface area (Å²) in [6.07, 6.45) is 6.72. The fraction of sp³-hybridized carbons (Fsp3) is 0.375. The van der Waals surface area contributed by atoms with Crippen molar-refractivity contribution in [3.63, 3.8) is 0 Å². The Morgan fingerprint density at radius 3 is 2.73 bits per heavy atom. The molecule has 5 nitrogen and oxygen atoms in total. The van der Waals surface area contributed by atoms with Crippen LogP contribution in [0, 0.1) is 0 Å². The van der Waals surface area contributed by atoms with Crippen LogP contribution >= 0.6 is 12.2 Å². The number of imidazole rings is 1. The van der Waals surface area contributed by atoms with E-state index >= 15 is 0 Å². The molecule has 0 saturated carbocycles. The lowest BCUT2D eigenvalue weighted by molar-refractivity contribution is 0.242. The Labute approximate surface area is 136 Å². The second-order valence-electron chi connectivity index (χ2n) is 5.23. The maximum absolute atomic E-state index is 5.61. The topological polar surface area (TPSA) is 51.1 Å². The molecular weight excluding hydrogens is 296 g/mol. The number of aromatic nitrogens is 2. The van der Waals surface area contributed by atoms with E-state index in [0.29, 0.717) is 5.11 Å². The molecule has 0 atom stereocenters. The first-order valence-electron chi connectivity index (χ1n) is 7.41. The highest BCUT2D eigenvalue weighted by Gasteiger charge is 2.00. The Balaban J connectivity index is 1.68. The number of nitrogens with one attached hydrogen (secondary N) is 2. The number of nitrogens with zero attached hydrogens (tertiary/aromatic N) is 2. The minimum Gasteiger partial charge on any atom is -0.491 e. The van der Waals surface area contributed by atoms with E-state index in [-0.39, 0.29) is 6.10 Å². The van der Waals surface area contributed by atoms with E-state index < -0.39 is 0 Å². The molecule has 0 spiro atoms. The molecule has 0 bridgehead atoms. The lowest BCUT2D eigenvalue weighted by atomic mass is 10.3. The normalized spacial score (nSPS) is 10.5. The van der Waals surface area contributed by atoms with E-state index in [1.165, 1.54) is 0 Å². The van der Waals surface area contributed by atoms with Gasteiger partial charge in [-0.2, -0.15) is 0 Å². The van der Waals surface area contributed by atoms with Gasteiger partial charge in [-0.1, -0.05) is 0 Å². The van der Waals surface area contributed by atoms with Gasteiger partial charge in [0.1, 0.15) is 5.75 Å². The fourth-order valence-electron chi connectivity index (χ4n) is 1.95. The number of thiocarbonyl (C=S) groups is 1. The third-order valence-electron chi connectivity index (χ3n) is 2.92. The summed E-state index contributed by atoms with van der Waals surface area (Å²) in [5, 5.41) is 6.99. The van der Waals surface area contributed by atoms with Crippen molar-refractivity contribution in [2.75, 3.05) is 11.9 Å². The summed E-state index contributed by atoms with van der Waals surface area (Å²) >= 11 is 5.28. The molecule has 1 heterocycles. The second-order valence-corrected chi connectivity index (χ2v) is 5.63. The van der Waals surface area contributed by atoms with Crippen molar-refractivity contribution in [2.24, 2.45) is 0 Å². The van der Waals surface area contributed by atoms with E-state index in [0.717, 1.165) is 30.9 Å². The highest BCUT2D eigenvalue weighted by atomic mass is 32.1. The van der Waals surface area contributed by atoms with Gasteiger partial charge in [-0.15, -0.1) is 0 Å². The van der Waals surface area contributed by atoms with Gasteiger partial charge in [-0.25, -0.2) is 4.98 Å². The molecule has 0 radical (unpaired) electrons. The lowest BCUT2D eigenvalue weighted by Crippen LogP contribution is -2.29. The molecule has 2 N–H and O–H groups in total. The van der Waals surface area contributed by atoms with E-state index in [2.05, 4.69) is 15.6 Å². The zero-order valence-corrected chi connectivity index (χ0v) is 13.8. The predicted molar refractivity (Wildman–Crippen MR) is 93.3 cm³/mol. The first kappa shape index (κ1) is 16.3. The number of hydrogen-bond acceptors (Lipinski definition) is 3. The summed E-state index contributed by atoms with van der Waals surface area (Å²) in [4.78, 5) is 4.01. The number of rotatable bonds is 7. The zero-order valence-electron chi connectivity index (χ0n) is 13.0. The van der Waals surface area contributed by atoms with Crippen LogP contribution in [0.25, 0.3) is 0 Å². The third-order valence-corrected chi connectivity index (χ3v) is 3.17. The highest BCUT2D eigenvalue weighted by molar-refractivity contribution is 7.80. The molecule has 1 aromatic heterocycles. The number of benzene rings is 1. The van der Waals surface area contributed by atoms with Crippen LogP contribution in [-0.4, -0.2) is 27.3 Å². The summed E-state index contributed by atoms with van der Waals surface area (Å²) in [6.45, 7) is 5.76. The van der Waals surface area contributed by atoms with Gasteiger partial charge in [0.15, 0.2) is 5.11 Å². The van der Waals surface area contributed by atoms with Crippen molar-refractivity contribution in [3.05, 3.63) is 43.0 Å². The molecule has 0 fully saturated rings. The van der Waals surface area contributed by atoms with Crippen LogP contribution in [0.4, 0.5) is 5.69 Å². The van der Waals surface area contributed by atoms with Gasteiger partial charge >= 0.3 is 0 Å². The van der Waals surface area contributed by atoms with Crippen molar-refractivity contribution in [1.82, 2.24) is 14.9 Å². The Morgan fingerprint density at radius 1 is 1.32 bits per heavy atom. The molecule has 0 saturated heterocycles. The minimum absolute atomic E-state index is 0.178. The van der Waals surface area contributed by atoms with E-state index in [1.54, 1.807) is 6.20 Å². The molecule has 2 aromatic rings. The molecule has 2 rings (SSSR count). The van der Waals surface area contributed by atoms with Crippen LogP contribution in [0.2, 0.25) is 0 Å². The molecule has 0 amide bonds. The van der Waals surface area contributed by atoms with Crippen LogP contribution in [0.15, 0.2) is 43.0 Å². The van der Waals surface area contributed by atoms with Gasteiger partial charge in [0.2, 0.25) is 0 Å². The standard InChI is InChI=1S/C16H22N4OS/c1-13(2)21-15-6-4-14(5-7-15)19-16(22)18-8-3-10-20-11-9-17-12-20/h4-7,9,11-13H,3,8,10H2,1-2H3,(H2,18,19,22). The quantitative estimate of drug-likeness (QED) is 0.607. The summed E-state index contributed by atoms with van der Waals surface area (Å²) in [5.41, 5.74) is 0.947. The molecular formula is C16H22N4OS. The Bertz CT molecular complexity index is 566. The maximum atomic E-state index is 5.61. The number of hydrogen-bond donors (Lipinski definition) is 2. The van der Waals surface area contributed by atoms with E-state index in [1.807, 2.05) is 55.2 Å². The summed E-state index contributed by atoms with van der Waals surface area (Å²) in [5.74, 6) is 0.861. The average molecular weight is 318 g/mol. The van der Waals surface area contributed by atoms with Gasteiger partial charge in [0.25, 0.3) is 0 Å². The molecule has 0 aliphatic rings. The second kappa shape index (κ2) is 8.38. The predicted octanol–water partition coefficient (Wildman–Crippen LogP) is 3.05. The fourth-order valence-corrected chi connectivity index (χ4v) is 2.17. The van der Waals surface area contributed by atoms with Crippen molar-refractivity contribution in [3.8, 4) is 5.75 Å². The Kier molecular flexibility index (Phi) is 6.21. The molecule has 0 aliphatic heterocycles. The maximum Gasteiger partial charge on any atom is 0.170 e. The first-order chi connectivity index (χ1) is 10.6. The summed E-state index contributed by atoms with van der Waals surface area (Å²) < 4.78 is 7.65. The van der Waals surface area contributed by atoms with Gasteiger partial charge < -0.3 is 19.9 Å². The van der Waals surface area contributed by atoms with Gasteiger partial charge in [0.05, 0.1) is 12.4 Å². The van der Waals surface area contributed by atoms with Crippen LogP contribution in [0.3, 0.4) is 0 Å². The van der Waals surface area contributed by atoms with E-state index in [9.17, 15) is 0 Å². The first-order valence-corrected chi connectivity index (χ1v) is 7.81. The minimum atomic E-state index is 0.178. The highest BCUT2D eigenvalue weighted by Crippen LogP contribution is 2.16. The van der Waals surface area contributed by atoms with Gasteiger partial charge in [-0.3, -0.25) is 0 Å². The summed E-state index contributed by atoms with van der Waals surface area (Å²) in [7, 11) is 0. The van der Waals surface area contributed by atoms with Gasteiger partial charge in [0, 0.05) is 31.2 Å².